The van der Waals surface area contributed by atoms with Gasteiger partial charge in [-0.05, 0) is 42.7 Å². The maximum absolute atomic E-state index is 3.46. The molecule has 1 aliphatic rings. The molecule has 82 valence electrons. The molecular formula is C13H17BrS. The molecule has 1 aromatic rings. The third kappa shape index (κ3) is 3.84. The second-order valence-corrected chi connectivity index (χ2v) is 6.48. The number of halogens is 1. The first-order valence-electron chi connectivity index (χ1n) is 5.70. The van der Waals surface area contributed by atoms with Crippen molar-refractivity contribution in [2.45, 2.75) is 37.4 Å². The summed E-state index contributed by atoms with van der Waals surface area (Å²) in [6, 6.07) is 8.71. The lowest BCUT2D eigenvalue weighted by Gasteiger charge is -2.08. The molecule has 0 amide bonds. The second-order valence-electron chi connectivity index (χ2n) is 4.15. The number of thioether (sulfide) groups is 1. The first kappa shape index (κ1) is 11.5. The first-order valence-corrected chi connectivity index (χ1v) is 7.55. The van der Waals surface area contributed by atoms with E-state index >= 15 is 0 Å². The Labute approximate surface area is 105 Å². The van der Waals surface area contributed by atoms with Crippen LogP contribution in [-0.4, -0.2) is 11.0 Å². The van der Waals surface area contributed by atoms with Crippen LogP contribution in [0.25, 0.3) is 0 Å². The van der Waals surface area contributed by atoms with E-state index in [0.29, 0.717) is 0 Å². The number of rotatable bonds is 4. The van der Waals surface area contributed by atoms with Crippen LogP contribution in [-0.2, 0) is 6.42 Å². The predicted octanol–water partition coefficient (Wildman–Crippen LogP) is 4.67. The molecule has 0 heterocycles. The van der Waals surface area contributed by atoms with Crippen molar-refractivity contribution in [2.24, 2.45) is 0 Å². The van der Waals surface area contributed by atoms with Crippen LogP contribution in [0.3, 0.4) is 0 Å². The van der Waals surface area contributed by atoms with Gasteiger partial charge in [0.25, 0.3) is 0 Å². The van der Waals surface area contributed by atoms with Crippen LogP contribution in [0.1, 0.15) is 31.2 Å². The fourth-order valence-corrected chi connectivity index (χ4v) is 3.67. The fourth-order valence-electron chi connectivity index (χ4n) is 2.05. The molecule has 2 rings (SSSR count). The van der Waals surface area contributed by atoms with Crippen molar-refractivity contribution in [3.8, 4) is 0 Å². The Morgan fingerprint density at radius 3 is 2.47 bits per heavy atom. The van der Waals surface area contributed by atoms with Gasteiger partial charge in [0, 0.05) is 9.72 Å². The molecule has 0 N–H and O–H groups in total. The molecular weight excluding hydrogens is 268 g/mol. The van der Waals surface area contributed by atoms with Crippen molar-refractivity contribution in [1.29, 1.82) is 0 Å². The quantitative estimate of drug-likeness (QED) is 0.774. The van der Waals surface area contributed by atoms with Gasteiger partial charge in [-0.3, -0.25) is 0 Å². The van der Waals surface area contributed by atoms with Crippen LogP contribution in [0.5, 0.6) is 0 Å². The number of aryl methyl sites for hydroxylation is 1. The van der Waals surface area contributed by atoms with Crippen LogP contribution in [0, 0.1) is 0 Å². The van der Waals surface area contributed by atoms with Crippen molar-refractivity contribution in [1.82, 2.24) is 0 Å². The molecule has 0 aliphatic heterocycles. The van der Waals surface area contributed by atoms with Gasteiger partial charge in [-0.1, -0.05) is 40.9 Å². The Hall–Kier alpha value is 0.0500. The van der Waals surface area contributed by atoms with Gasteiger partial charge in [0.1, 0.15) is 0 Å². The second kappa shape index (κ2) is 5.95. The van der Waals surface area contributed by atoms with Crippen LogP contribution >= 0.6 is 27.7 Å². The summed E-state index contributed by atoms with van der Waals surface area (Å²) < 4.78 is 1.18. The van der Waals surface area contributed by atoms with Gasteiger partial charge in [-0.2, -0.15) is 11.8 Å². The van der Waals surface area contributed by atoms with Gasteiger partial charge >= 0.3 is 0 Å². The average molecular weight is 285 g/mol. The van der Waals surface area contributed by atoms with E-state index < -0.39 is 0 Å². The molecule has 1 aliphatic carbocycles. The third-order valence-corrected chi connectivity index (χ3v) is 4.87. The van der Waals surface area contributed by atoms with E-state index in [9.17, 15) is 0 Å². The van der Waals surface area contributed by atoms with E-state index in [1.807, 2.05) is 0 Å². The van der Waals surface area contributed by atoms with Gasteiger partial charge < -0.3 is 0 Å². The van der Waals surface area contributed by atoms with Crippen molar-refractivity contribution < 1.29 is 0 Å². The monoisotopic (exact) mass is 284 g/mol. The van der Waals surface area contributed by atoms with E-state index in [0.717, 1.165) is 5.25 Å². The lowest BCUT2D eigenvalue weighted by molar-refractivity contribution is 0.886. The number of hydrogen-bond donors (Lipinski definition) is 0. The Morgan fingerprint density at radius 1 is 1.13 bits per heavy atom. The van der Waals surface area contributed by atoms with Crippen LogP contribution in [0.2, 0.25) is 0 Å². The molecule has 0 radical (unpaired) electrons. The lowest BCUT2D eigenvalue weighted by atomic mass is 10.2. The molecule has 1 saturated carbocycles. The smallest absolute Gasteiger partial charge is 0.0175 e. The van der Waals surface area contributed by atoms with Gasteiger partial charge in [0.05, 0.1) is 0 Å². The summed E-state index contributed by atoms with van der Waals surface area (Å²) in [5, 5.41) is 0.959. The molecule has 0 saturated heterocycles. The summed E-state index contributed by atoms with van der Waals surface area (Å²) in [6.07, 6.45) is 7.02. The van der Waals surface area contributed by atoms with Gasteiger partial charge in [-0.15, -0.1) is 0 Å². The Bertz CT molecular complexity index is 288. The van der Waals surface area contributed by atoms with Crippen molar-refractivity contribution in [2.75, 3.05) is 5.75 Å². The van der Waals surface area contributed by atoms with Crippen LogP contribution in [0.4, 0.5) is 0 Å². The highest BCUT2D eigenvalue weighted by Gasteiger charge is 2.14. The van der Waals surface area contributed by atoms with E-state index in [2.05, 4.69) is 52.0 Å². The summed E-state index contributed by atoms with van der Waals surface area (Å²) in [4.78, 5) is 0. The summed E-state index contributed by atoms with van der Waals surface area (Å²) in [5.41, 5.74) is 1.46. The van der Waals surface area contributed by atoms with Crippen molar-refractivity contribution in [3.05, 3.63) is 34.3 Å². The summed E-state index contributed by atoms with van der Waals surface area (Å²) >= 11 is 5.63. The summed E-state index contributed by atoms with van der Waals surface area (Å²) in [7, 11) is 0. The highest BCUT2D eigenvalue weighted by Crippen LogP contribution is 2.29. The Morgan fingerprint density at radius 2 is 1.80 bits per heavy atom. The molecule has 1 fully saturated rings. The van der Waals surface area contributed by atoms with E-state index in [4.69, 9.17) is 0 Å². The van der Waals surface area contributed by atoms with Crippen LogP contribution < -0.4 is 0 Å². The highest BCUT2D eigenvalue weighted by atomic mass is 79.9. The molecule has 15 heavy (non-hydrogen) atoms. The Kier molecular flexibility index (Phi) is 4.58. The van der Waals surface area contributed by atoms with Crippen molar-refractivity contribution in [3.63, 3.8) is 0 Å². The van der Waals surface area contributed by atoms with Gasteiger partial charge in [0.15, 0.2) is 0 Å². The van der Waals surface area contributed by atoms with Crippen LogP contribution in [0.15, 0.2) is 28.7 Å². The molecule has 0 bridgehead atoms. The Balaban J connectivity index is 1.71. The molecule has 1 aromatic carbocycles. The molecule has 0 nitrogen and oxygen atoms in total. The standard InChI is InChI=1S/C13H17BrS/c14-12-7-5-11(6-8-12)9-10-15-13-3-1-2-4-13/h5-8,13H,1-4,9-10H2. The molecule has 2 heteroatoms. The molecule has 0 atom stereocenters. The summed E-state index contributed by atoms with van der Waals surface area (Å²) in [6.45, 7) is 0. The zero-order valence-electron chi connectivity index (χ0n) is 8.92. The lowest BCUT2D eigenvalue weighted by Crippen LogP contribution is -1.97. The average Bonchev–Trinajstić information content (AvgIpc) is 2.74. The summed E-state index contributed by atoms with van der Waals surface area (Å²) in [5.74, 6) is 1.28. The van der Waals surface area contributed by atoms with E-state index in [-0.39, 0.29) is 0 Å². The minimum atomic E-state index is 0.959. The van der Waals surface area contributed by atoms with Gasteiger partial charge in [0.2, 0.25) is 0 Å². The van der Waals surface area contributed by atoms with E-state index in [1.165, 1.54) is 47.9 Å². The zero-order chi connectivity index (χ0) is 10.5. The molecule has 0 unspecified atom stereocenters. The minimum Gasteiger partial charge on any atom is -0.158 e. The fraction of sp³-hybridized carbons (Fsp3) is 0.538. The number of hydrogen-bond acceptors (Lipinski definition) is 1. The van der Waals surface area contributed by atoms with E-state index in [1.54, 1.807) is 0 Å². The first-order chi connectivity index (χ1) is 7.34. The predicted molar refractivity (Wildman–Crippen MR) is 72.6 cm³/mol. The van der Waals surface area contributed by atoms with Crippen molar-refractivity contribution >= 4 is 27.7 Å². The topological polar surface area (TPSA) is 0 Å². The number of benzene rings is 1. The minimum absolute atomic E-state index is 0.959. The SMILES string of the molecule is Brc1ccc(CCSC2CCCC2)cc1. The largest absolute Gasteiger partial charge is 0.158 e. The normalized spacial score (nSPS) is 17.1. The van der Waals surface area contributed by atoms with Gasteiger partial charge in [-0.25, -0.2) is 0 Å². The molecule has 0 spiro atoms. The highest BCUT2D eigenvalue weighted by molar-refractivity contribution is 9.10. The zero-order valence-corrected chi connectivity index (χ0v) is 11.3. The maximum atomic E-state index is 3.46. The molecule has 0 aromatic heterocycles. The third-order valence-electron chi connectivity index (χ3n) is 2.96. The maximum Gasteiger partial charge on any atom is 0.0175 e.